The molecule has 1 atom stereocenters. The highest BCUT2D eigenvalue weighted by molar-refractivity contribution is 7.84. The van der Waals surface area contributed by atoms with E-state index in [0.717, 1.165) is 12.0 Å². The third-order valence-electron chi connectivity index (χ3n) is 3.58. The molecular formula is C15H13Cl2N3O2S. The molecule has 0 fully saturated rings. The number of hydrogen-bond donors (Lipinski definition) is 0. The highest BCUT2D eigenvalue weighted by Gasteiger charge is 2.19. The predicted molar refractivity (Wildman–Crippen MR) is 93.1 cm³/mol. The van der Waals surface area contributed by atoms with Gasteiger partial charge in [-0.15, -0.1) is 0 Å². The minimum Gasteiger partial charge on any atom is -0.281 e. The predicted octanol–water partition coefficient (Wildman–Crippen LogP) is 3.16. The minimum atomic E-state index is -1.31. The van der Waals surface area contributed by atoms with Crippen molar-refractivity contribution < 1.29 is 4.21 Å². The molecule has 1 unspecified atom stereocenters. The molecule has 2 aromatic rings. The van der Waals surface area contributed by atoms with Gasteiger partial charge in [-0.25, -0.2) is 9.97 Å². The van der Waals surface area contributed by atoms with Crippen molar-refractivity contribution in [2.75, 3.05) is 6.26 Å². The van der Waals surface area contributed by atoms with Gasteiger partial charge in [0.1, 0.15) is 0 Å². The maximum absolute atomic E-state index is 12.8. The molecule has 0 spiro atoms. The summed E-state index contributed by atoms with van der Waals surface area (Å²) in [6, 6.07) is 0. The average molecular weight is 370 g/mol. The molecule has 1 aliphatic carbocycles. The largest absolute Gasteiger partial charge is 0.281 e. The van der Waals surface area contributed by atoms with Gasteiger partial charge in [0.2, 0.25) is 5.16 Å². The summed E-state index contributed by atoms with van der Waals surface area (Å²) in [5.74, 6) is 0. The summed E-state index contributed by atoms with van der Waals surface area (Å²) >= 11 is 12.5. The number of nitrogens with zero attached hydrogens (tertiary/aromatic N) is 3. The van der Waals surface area contributed by atoms with Crippen LogP contribution in [0.2, 0.25) is 0 Å². The van der Waals surface area contributed by atoms with Gasteiger partial charge in [-0.2, -0.15) is 0 Å². The third kappa shape index (κ3) is 2.86. The molecule has 5 nitrogen and oxygen atoms in total. The van der Waals surface area contributed by atoms with Crippen LogP contribution in [0.4, 0.5) is 0 Å². The standard InChI is InChI=1S/C15H13Cl2N3O2S/c1-8-7-20(13-10(16)4-3-5-11(13)17)14(21)9-6-18-15(23(2)22)19-12(8)9/h4,6-7H,3,5H2,1-2H3. The lowest BCUT2D eigenvalue weighted by atomic mass is 10.1. The van der Waals surface area contributed by atoms with Crippen LogP contribution in [0.15, 0.2) is 38.5 Å². The second-order valence-electron chi connectivity index (χ2n) is 5.20. The molecule has 23 heavy (non-hydrogen) atoms. The summed E-state index contributed by atoms with van der Waals surface area (Å²) in [6.45, 7) is 1.82. The van der Waals surface area contributed by atoms with Crippen molar-refractivity contribution in [3.63, 3.8) is 0 Å². The summed E-state index contributed by atoms with van der Waals surface area (Å²) < 4.78 is 13.0. The Bertz CT molecular complexity index is 963. The molecule has 0 saturated heterocycles. The zero-order valence-electron chi connectivity index (χ0n) is 12.5. The van der Waals surface area contributed by atoms with Crippen molar-refractivity contribution in [3.8, 4) is 0 Å². The number of allylic oxidation sites excluding steroid dienone is 4. The van der Waals surface area contributed by atoms with Gasteiger partial charge < -0.3 is 0 Å². The lowest BCUT2D eigenvalue weighted by molar-refractivity contribution is 0.680. The molecule has 120 valence electrons. The molecule has 2 heterocycles. The second kappa shape index (κ2) is 6.19. The molecule has 0 bridgehead atoms. The van der Waals surface area contributed by atoms with Crippen LogP contribution >= 0.6 is 23.2 Å². The minimum absolute atomic E-state index is 0.200. The molecule has 0 saturated carbocycles. The summed E-state index contributed by atoms with van der Waals surface area (Å²) in [7, 11) is -1.31. The van der Waals surface area contributed by atoms with E-state index in [4.69, 9.17) is 23.2 Å². The topological polar surface area (TPSA) is 64.8 Å². The van der Waals surface area contributed by atoms with E-state index in [2.05, 4.69) is 9.97 Å². The summed E-state index contributed by atoms with van der Waals surface area (Å²) in [5.41, 5.74) is 1.43. The van der Waals surface area contributed by atoms with Crippen LogP contribution < -0.4 is 5.56 Å². The smallest absolute Gasteiger partial charge is 0.266 e. The molecule has 2 aromatic heterocycles. The van der Waals surface area contributed by atoms with Crippen molar-refractivity contribution in [2.45, 2.75) is 24.9 Å². The van der Waals surface area contributed by atoms with Crippen molar-refractivity contribution in [3.05, 3.63) is 44.5 Å². The highest BCUT2D eigenvalue weighted by atomic mass is 35.5. The number of halogens is 2. The molecule has 1 aliphatic rings. The fraction of sp³-hybridized carbons (Fsp3) is 0.267. The Balaban J connectivity index is 2.32. The van der Waals surface area contributed by atoms with Crippen LogP contribution in [0.1, 0.15) is 18.4 Å². The number of aryl methyl sites for hydroxylation is 1. The van der Waals surface area contributed by atoms with Crippen LogP contribution in [0.3, 0.4) is 0 Å². The number of pyridine rings is 1. The lowest BCUT2D eigenvalue weighted by Crippen LogP contribution is -2.22. The van der Waals surface area contributed by atoms with Crippen LogP contribution in [-0.4, -0.2) is 25.0 Å². The Labute approximate surface area is 145 Å². The van der Waals surface area contributed by atoms with Crippen molar-refractivity contribution in [1.29, 1.82) is 0 Å². The van der Waals surface area contributed by atoms with Gasteiger partial charge in [-0.1, -0.05) is 29.3 Å². The van der Waals surface area contributed by atoms with Crippen LogP contribution in [-0.2, 0) is 10.8 Å². The van der Waals surface area contributed by atoms with E-state index in [1.807, 2.05) is 13.0 Å². The second-order valence-corrected chi connectivity index (χ2v) is 7.34. The Hall–Kier alpha value is -1.50. The van der Waals surface area contributed by atoms with Crippen molar-refractivity contribution in [1.82, 2.24) is 14.5 Å². The van der Waals surface area contributed by atoms with Crippen LogP contribution in [0.25, 0.3) is 16.6 Å². The molecular weight excluding hydrogens is 357 g/mol. The molecule has 8 heteroatoms. The fourth-order valence-corrected chi connectivity index (χ4v) is 3.57. The third-order valence-corrected chi connectivity index (χ3v) is 4.99. The van der Waals surface area contributed by atoms with Gasteiger partial charge in [0, 0.05) is 23.7 Å². The van der Waals surface area contributed by atoms with Crippen LogP contribution in [0.5, 0.6) is 0 Å². The SMILES string of the molecule is Cc1cn(C2=C(Cl)CCC=C2Cl)c(=O)c2cnc(S(C)=O)nc12. The van der Waals surface area contributed by atoms with E-state index in [-0.39, 0.29) is 10.7 Å². The maximum atomic E-state index is 12.8. The number of hydrogen-bond acceptors (Lipinski definition) is 4. The Kier molecular flexibility index (Phi) is 4.40. The molecule has 3 rings (SSSR count). The first-order chi connectivity index (χ1) is 10.9. The van der Waals surface area contributed by atoms with Gasteiger partial charge >= 0.3 is 0 Å². The van der Waals surface area contributed by atoms with Crippen LogP contribution in [0, 0.1) is 6.92 Å². The molecule has 0 amide bonds. The highest BCUT2D eigenvalue weighted by Crippen LogP contribution is 2.33. The van der Waals surface area contributed by atoms with Gasteiger partial charge in [-0.05, 0) is 25.3 Å². The molecule has 0 radical (unpaired) electrons. The number of fused-ring (bicyclic) bond motifs is 1. The van der Waals surface area contributed by atoms with E-state index in [1.165, 1.54) is 17.0 Å². The molecule has 0 N–H and O–H groups in total. The summed E-state index contributed by atoms with van der Waals surface area (Å²) in [5, 5.41) is 1.54. The zero-order chi connectivity index (χ0) is 16.7. The maximum Gasteiger partial charge on any atom is 0.266 e. The van der Waals surface area contributed by atoms with Gasteiger partial charge in [0.25, 0.3) is 5.56 Å². The first-order valence-electron chi connectivity index (χ1n) is 6.87. The molecule has 0 aromatic carbocycles. The Morgan fingerprint density at radius 2 is 2.09 bits per heavy atom. The zero-order valence-corrected chi connectivity index (χ0v) is 14.8. The normalized spacial score (nSPS) is 16.6. The summed E-state index contributed by atoms with van der Waals surface area (Å²) in [4.78, 5) is 21.0. The lowest BCUT2D eigenvalue weighted by Gasteiger charge is -2.17. The van der Waals surface area contributed by atoms with Gasteiger partial charge in [-0.3, -0.25) is 13.6 Å². The van der Waals surface area contributed by atoms with E-state index in [0.29, 0.717) is 33.1 Å². The monoisotopic (exact) mass is 369 g/mol. The van der Waals surface area contributed by atoms with Gasteiger partial charge in [0.05, 0.1) is 32.4 Å². The molecule has 0 aliphatic heterocycles. The first-order valence-corrected chi connectivity index (χ1v) is 9.19. The van der Waals surface area contributed by atoms with E-state index < -0.39 is 10.8 Å². The fourth-order valence-electron chi connectivity index (χ4n) is 2.49. The van der Waals surface area contributed by atoms with E-state index in [1.54, 1.807) is 6.20 Å². The quantitative estimate of drug-likeness (QED) is 0.762. The first kappa shape index (κ1) is 16.4. The average Bonchev–Trinajstić information content (AvgIpc) is 2.51. The summed E-state index contributed by atoms with van der Waals surface area (Å²) in [6.07, 6.45) is 7.78. The van der Waals surface area contributed by atoms with Crippen molar-refractivity contribution in [2.24, 2.45) is 0 Å². The number of rotatable bonds is 2. The Morgan fingerprint density at radius 1 is 1.35 bits per heavy atom. The Morgan fingerprint density at radius 3 is 2.74 bits per heavy atom. The van der Waals surface area contributed by atoms with E-state index >= 15 is 0 Å². The van der Waals surface area contributed by atoms with Gasteiger partial charge in [0.15, 0.2) is 0 Å². The van der Waals surface area contributed by atoms with E-state index in [9.17, 15) is 9.00 Å². The number of aromatic nitrogens is 3. The van der Waals surface area contributed by atoms with Crippen molar-refractivity contribution >= 4 is 50.6 Å².